The molecule has 0 unspecified atom stereocenters. The predicted octanol–water partition coefficient (Wildman–Crippen LogP) is 3.73. The van der Waals surface area contributed by atoms with Crippen molar-refractivity contribution in [2.24, 2.45) is 0 Å². The molecule has 7 heteroatoms. The summed E-state index contributed by atoms with van der Waals surface area (Å²) in [6.45, 7) is 0. The number of benzene rings is 2. The van der Waals surface area contributed by atoms with E-state index in [1.807, 2.05) is 24.3 Å². The third kappa shape index (κ3) is 3.31. The average Bonchev–Trinajstić information content (AvgIpc) is 3.01. The molecule has 3 rings (SSSR count). The zero-order valence-electron chi connectivity index (χ0n) is 12.7. The molecule has 1 N–H and O–H groups in total. The lowest BCUT2D eigenvalue weighted by molar-refractivity contribution is -0.384. The van der Waals surface area contributed by atoms with Gasteiger partial charge in [0, 0.05) is 24.7 Å². The van der Waals surface area contributed by atoms with Gasteiger partial charge in [-0.2, -0.15) is 0 Å². The topological polar surface area (TPSA) is 85.1 Å². The van der Waals surface area contributed by atoms with E-state index in [4.69, 9.17) is 0 Å². The Morgan fingerprint density at radius 2 is 1.96 bits per heavy atom. The molecule has 0 aliphatic heterocycles. The maximum atomic E-state index is 11.5. The fourth-order valence-electron chi connectivity index (χ4n) is 2.18. The number of fused-ring (bicyclic) bond motifs is 1. The van der Waals surface area contributed by atoms with E-state index in [9.17, 15) is 14.9 Å². The van der Waals surface area contributed by atoms with Gasteiger partial charge in [-0.25, -0.2) is 4.98 Å². The predicted molar refractivity (Wildman–Crippen MR) is 95.0 cm³/mol. The van der Waals surface area contributed by atoms with Gasteiger partial charge >= 0.3 is 0 Å². The minimum Gasteiger partial charge on any atom is -0.355 e. The van der Waals surface area contributed by atoms with Crippen molar-refractivity contribution in [3.63, 3.8) is 0 Å². The van der Waals surface area contributed by atoms with Gasteiger partial charge in [0.05, 0.1) is 15.1 Å². The first-order valence-corrected chi connectivity index (χ1v) is 7.93. The van der Waals surface area contributed by atoms with E-state index in [1.165, 1.54) is 23.5 Å². The maximum Gasteiger partial charge on any atom is 0.271 e. The summed E-state index contributed by atoms with van der Waals surface area (Å²) >= 11 is 1.46. The van der Waals surface area contributed by atoms with Crippen LogP contribution in [-0.2, 0) is 0 Å². The molecule has 0 fully saturated rings. The van der Waals surface area contributed by atoms with E-state index in [1.54, 1.807) is 25.2 Å². The van der Waals surface area contributed by atoms with Crippen LogP contribution in [0.3, 0.4) is 0 Å². The Balaban J connectivity index is 1.82. The molecule has 1 heterocycles. The average molecular weight is 339 g/mol. The molecule has 3 aromatic rings. The third-order valence-corrected chi connectivity index (χ3v) is 4.42. The number of hydrogen-bond donors (Lipinski definition) is 1. The van der Waals surface area contributed by atoms with Crippen molar-refractivity contribution in [2.75, 3.05) is 7.05 Å². The first kappa shape index (κ1) is 15.8. The number of non-ortho nitro benzene ring substituents is 1. The maximum absolute atomic E-state index is 11.5. The Morgan fingerprint density at radius 3 is 2.62 bits per heavy atom. The second-order valence-electron chi connectivity index (χ2n) is 5.00. The van der Waals surface area contributed by atoms with Gasteiger partial charge in [0.1, 0.15) is 5.01 Å². The number of thiazole rings is 1. The summed E-state index contributed by atoms with van der Waals surface area (Å²) in [5.74, 6) is -0.127. The highest BCUT2D eigenvalue weighted by Crippen LogP contribution is 2.27. The highest BCUT2D eigenvalue weighted by atomic mass is 32.1. The quantitative estimate of drug-likeness (QED) is 0.580. The second-order valence-corrected chi connectivity index (χ2v) is 6.06. The smallest absolute Gasteiger partial charge is 0.271 e. The van der Waals surface area contributed by atoms with Crippen LogP contribution in [0.5, 0.6) is 0 Å². The largest absolute Gasteiger partial charge is 0.355 e. The number of rotatable bonds is 4. The monoisotopic (exact) mass is 339 g/mol. The molecule has 120 valence electrons. The summed E-state index contributed by atoms with van der Waals surface area (Å²) in [4.78, 5) is 26.3. The summed E-state index contributed by atoms with van der Waals surface area (Å²) in [6.07, 6.45) is 3.74. The van der Waals surface area contributed by atoms with Crippen LogP contribution < -0.4 is 5.32 Å². The summed E-state index contributed by atoms with van der Waals surface area (Å²) in [5.41, 5.74) is 2.19. The first-order chi connectivity index (χ1) is 11.6. The van der Waals surface area contributed by atoms with Gasteiger partial charge in [0.2, 0.25) is 0 Å². The number of aromatic nitrogens is 1. The van der Waals surface area contributed by atoms with E-state index < -0.39 is 4.92 Å². The highest BCUT2D eigenvalue weighted by Gasteiger charge is 2.09. The van der Waals surface area contributed by atoms with Crippen molar-refractivity contribution in [3.8, 4) is 0 Å². The molecular formula is C17H13N3O3S. The Labute approximate surface area is 141 Å². The zero-order valence-corrected chi connectivity index (χ0v) is 13.5. The molecule has 1 amide bonds. The molecule has 0 atom stereocenters. The van der Waals surface area contributed by atoms with Crippen LogP contribution in [0.2, 0.25) is 0 Å². The zero-order chi connectivity index (χ0) is 17.1. The normalized spacial score (nSPS) is 11.0. The molecule has 0 aliphatic carbocycles. The van der Waals surface area contributed by atoms with Gasteiger partial charge in [-0.3, -0.25) is 14.9 Å². The lowest BCUT2D eigenvalue weighted by Gasteiger charge is -1.99. The minimum absolute atomic E-state index is 0.0353. The highest BCUT2D eigenvalue weighted by molar-refractivity contribution is 7.19. The van der Waals surface area contributed by atoms with Crippen molar-refractivity contribution < 1.29 is 9.72 Å². The molecular weight excluding hydrogens is 326 g/mol. The van der Waals surface area contributed by atoms with E-state index >= 15 is 0 Å². The van der Waals surface area contributed by atoms with Crippen LogP contribution in [0.4, 0.5) is 5.69 Å². The van der Waals surface area contributed by atoms with Crippen LogP contribution in [0.1, 0.15) is 20.9 Å². The Morgan fingerprint density at radius 1 is 1.21 bits per heavy atom. The van der Waals surface area contributed by atoms with Gasteiger partial charge in [-0.15, -0.1) is 11.3 Å². The number of carbonyl (C=O) groups excluding carboxylic acids is 1. The summed E-state index contributed by atoms with van der Waals surface area (Å²) < 4.78 is 0.898. The summed E-state index contributed by atoms with van der Waals surface area (Å²) in [6, 6.07) is 11.9. The van der Waals surface area contributed by atoms with E-state index in [0.29, 0.717) is 11.1 Å². The number of nitro benzene ring substituents is 1. The first-order valence-electron chi connectivity index (χ1n) is 7.12. The third-order valence-electron chi connectivity index (χ3n) is 3.42. The van der Waals surface area contributed by atoms with E-state index in [0.717, 1.165) is 15.3 Å². The number of hydrogen-bond acceptors (Lipinski definition) is 5. The summed E-state index contributed by atoms with van der Waals surface area (Å²) in [7, 11) is 1.59. The summed E-state index contributed by atoms with van der Waals surface area (Å²) in [5, 5.41) is 14.1. The van der Waals surface area contributed by atoms with Crippen molar-refractivity contribution in [1.29, 1.82) is 0 Å². The van der Waals surface area contributed by atoms with E-state index in [2.05, 4.69) is 10.3 Å². The molecule has 0 radical (unpaired) electrons. The van der Waals surface area contributed by atoms with Gasteiger partial charge < -0.3 is 5.32 Å². The van der Waals surface area contributed by atoms with Gasteiger partial charge in [0.25, 0.3) is 11.6 Å². The number of carbonyl (C=O) groups is 1. The van der Waals surface area contributed by atoms with Crippen LogP contribution in [0.15, 0.2) is 42.5 Å². The van der Waals surface area contributed by atoms with Crippen LogP contribution in [0, 0.1) is 10.1 Å². The molecule has 0 saturated heterocycles. The lowest BCUT2D eigenvalue weighted by Crippen LogP contribution is -2.17. The second kappa shape index (κ2) is 6.59. The number of amides is 1. The molecule has 0 aliphatic rings. The molecule has 6 nitrogen and oxygen atoms in total. The van der Waals surface area contributed by atoms with Crippen molar-refractivity contribution in [3.05, 3.63) is 68.7 Å². The number of nitrogens with zero attached hydrogens (tertiary/aromatic N) is 2. The lowest BCUT2D eigenvalue weighted by atomic mass is 10.1. The number of nitrogens with one attached hydrogen (secondary N) is 1. The number of nitro groups is 1. The molecule has 0 saturated carbocycles. The van der Waals surface area contributed by atoms with Crippen molar-refractivity contribution in [2.45, 2.75) is 0 Å². The molecule has 2 aromatic carbocycles. The molecule has 1 aromatic heterocycles. The molecule has 0 bridgehead atoms. The van der Waals surface area contributed by atoms with Crippen LogP contribution in [0.25, 0.3) is 22.4 Å². The SMILES string of the molecule is CNC(=O)c1ccc(/C=C/c2nc3cc([N+](=O)[O-])ccc3s2)cc1. The molecule has 0 spiro atoms. The Hall–Kier alpha value is -3.06. The van der Waals surface area contributed by atoms with Crippen molar-refractivity contribution in [1.82, 2.24) is 10.3 Å². The van der Waals surface area contributed by atoms with Gasteiger partial charge in [0.15, 0.2) is 0 Å². The van der Waals surface area contributed by atoms with Gasteiger partial charge in [-0.05, 0) is 29.8 Å². The standard InChI is InChI=1S/C17H13N3O3S/c1-18-17(21)12-5-2-11(3-6-12)4-9-16-19-14-10-13(20(22)23)7-8-15(14)24-16/h2-10H,1H3,(H,18,21)/b9-4+. The molecule has 24 heavy (non-hydrogen) atoms. The Kier molecular flexibility index (Phi) is 4.35. The fourth-order valence-corrected chi connectivity index (χ4v) is 3.03. The van der Waals surface area contributed by atoms with Gasteiger partial charge in [-0.1, -0.05) is 18.2 Å². The Bertz CT molecular complexity index is 945. The van der Waals surface area contributed by atoms with Crippen molar-refractivity contribution >= 4 is 45.3 Å². The van der Waals surface area contributed by atoms with Crippen LogP contribution in [-0.4, -0.2) is 22.9 Å². The minimum atomic E-state index is -0.428. The van der Waals surface area contributed by atoms with E-state index in [-0.39, 0.29) is 11.6 Å². The van der Waals surface area contributed by atoms with Crippen LogP contribution >= 0.6 is 11.3 Å². The fraction of sp³-hybridized carbons (Fsp3) is 0.0588.